The first-order valence-electron chi connectivity index (χ1n) is 9.57. The monoisotopic (exact) mass is 294 g/mol. The topological polar surface area (TPSA) is 15.3 Å². The van der Waals surface area contributed by atoms with Crippen LogP contribution in [0.5, 0.6) is 0 Å². The van der Waals surface area contributed by atoms with Crippen LogP contribution in [0.25, 0.3) is 0 Å². The Bertz CT molecular complexity index is 307. The van der Waals surface area contributed by atoms with Gasteiger partial charge in [0.15, 0.2) is 0 Å². The fourth-order valence-corrected chi connectivity index (χ4v) is 5.84. The highest BCUT2D eigenvalue weighted by Crippen LogP contribution is 2.50. The second kappa shape index (κ2) is 7.46. The summed E-state index contributed by atoms with van der Waals surface area (Å²) in [6.07, 6.45) is 10.0. The molecule has 2 rings (SSSR count). The van der Waals surface area contributed by atoms with Crippen molar-refractivity contribution in [3.05, 3.63) is 0 Å². The van der Waals surface area contributed by atoms with Crippen LogP contribution < -0.4 is 5.32 Å². The summed E-state index contributed by atoms with van der Waals surface area (Å²) in [4.78, 5) is 2.72. The third-order valence-corrected chi connectivity index (χ3v) is 7.04. The summed E-state index contributed by atoms with van der Waals surface area (Å²) in [5.74, 6) is 3.12. The van der Waals surface area contributed by atoms with Gasteiger partial charge in [-0.2, -0.15) is 0 Å². The summed E-state index contributed by atoms with van der Waals surface area (Å²) < 4.78 is 0. The van der Waals surface area contributed by atoms with Crippen molar-refractivity contribution >= 4 is 0 Å². The molecule has 4 atom stereocenters. The first-order chi connectivity index (χ1) is 10.1. The third kappa shape index (κ3) is 3.17. The number of hydrogen-bond donors (Lipinski definition) is 1. The number of nitrogens with zero attached hydrogens (tertiary/aromatic N) is 1. The fourth-order valence-electron chi connectivity index (χ4n) is 5.84. The Balaban J connectivity index is 2.11. The van der Waals surface area contributed by atoms with Crippen LogP contribution in [-0.2, 0) is 0 Å². The molecule has 2 saturated carbocycles. The predicted molar refractivity (Wildman–Crippen MR) is 92.6 cm³/mol. The molecule has 0 heterocycles. The molecule has 2 nitrogen and oxygen atoms in total. The van der Waals surface area contributed by atoms with E-state index in [1.165, 1.54) is 58.0 Å². The molecule has 0 spiro atoms. The lowest BCUT2D eigenvalue weighted by Crippen LogP contribution is -2.60. The van der Waals surface area contributed by atoms with E-state index in [2.05, 4.69) is 45.0 Å². The fraction of sp³-hybridized carbons (Fsp3) is 1.00. The van der Waals surface area contributed by atoms with Gasteiger partial charge in [-0.25, -0.2) is 0 Å². The van der Waals surface area contributed by atoms with Crippen LogP contribution in [0.2, 0.25) is 0 Å². The highest BCUT2D eigenvalue weighted by molar-refractivity contribution is 5.01. The van der Waals surface area contributed by atoms with Crippen molar-refractivity contribution in [3.8, 4) is 0 Å². The van der Waals surface area contributed by atoms with Crippen LogP contribution in [-0.4, -0.2) is 36.6 Å². The minimum absolute atomic E-state index is 0.347. The van der Waals surface area contributed by atoms with Gasteiger partial charge in [0.25, 0.3) is 0 Å². The van der Waals surface area contributed by atoms with Gasteiger partial charge >= 0.3 is 0 Å². The molecule has 1 N–H and O–H groups in total. The number of likely N-dealkylation sites (N-methyl/N-ethyl adjacent to an activating group) is 2. The highest BCUT2D eigenvalue weighted by Gasteiger charge is 2.45. The standard InChI is InChI=1S/C19H38N2/c1-6-19(7-2,21(8-3)9-4)18(20-5)14-17-13-15-10-11-16(17)12-15/h15-18,20H,6-14H2,1-5H3. The second-order valence-corrected chi connectivity index (χ2v) is 7.49. The Morgan fingerprint density at radius 2 is 1.71 bits per heavy atom. The van der Waals surface area contributed by atoms with Crippen LogP contribution in [0.1, 0.15) is 72.6 Å². The second-order valence-electron chi connectivity index (χ2n) is 7.49. The van der Waals surface area contributed by atoms with Crippen molar-refractivity contribution < 1.29 is 0 Å². The van der Waals surface area contributed by atoms with E-state index < -0.39 is 0 Å². The van der Waals surface area contributed by atoms with Crippen LogP contribution in [0, 0.1) is 17.8 Å². The molecular weight excluding hydrogens is 256 g/mol. The average Bonchev–Trinajstić information content (AvgIpc) is 3.13. The first-order valence-corrected chi connectivity index (χ1v) is 9.57. The van der Waals surface area contributed by atoms with E-state index >= 15 is 0 Å². The summed E-state index contributed by atoms with van der Waals surface area (Å²) in [6.45, 7) is 11.8. The molecule has 0 aliphatic heterocycles. The van der Waals surface area contributed by atoms with Gasteiger partial charge in [-0.3, -0.25) is 4.90 Å². The molecule has 0 aromatic heterocycles. The molecule has 124 valence electrons. The zero-order chi connectivity index (χ0) is 15.5. The Kier molecular flexibility index (Phi) is 6.14. The molecule has 2 fully saturated rings. The molecule has 2 heteroatoms. The largest absolute Gasteiger partial charge is 0.315 e. The van der Waals surface area contributed by atoms with E-state index in [1.807, 2.05) is 0 Å². The van der Waals surface area contributed by atoms with Gasteiger partial charge in [-0.1, -0.05) is 34.1 Å². The molecule has 0 aromatic rings. The highest BCUT2D eigenvalue weighted by atomic mass is 15.2. The van der Waals surface area contributed by atoms with Crippen molar-refractivity contribution in [2.24, 2.45) is 17.8 Å². The van der Waals surface area contributed by atoms with Crippen LogP contribution >= 0.6 is 0 Å². The van der Waals surface area contributed by atoms with Crippen LogP contribution in [0.15, 0.2) is 0 Å². The molecule has 0 saturated heterocycles. The van der Waals surface area contributed by atoms with Gasteiger partial charge in [-0.15, -0.1) is 0 Å². The Labute approximate surface area is 133 Å². The lowest BCUT2D eigenvalue weighted by atomic mass is 9.75. The Morgan fingerprint density at radius 3 is 2.10 bits per heavy atom. The van der Waals surface area contributed by atoms with E-state index in [1.54, 1.807) is 0 Å². The van der Waals surface area contributed by atoms with Crippen molar-refractivity contribution in [3.63, 3.8) is 0 Å². The molecule has 0 aromatic carbocycles. The molecule has 2 aliphatic rings. The first kappa shape index (κ1) is 17.3. The number of hydrogen-bond acceptors (Lipinski definition) is 2. The van der Waals surface area contributed by atoms with Gasteiger partial charge in [-0.05, 0) is 76.4 Å². The smallest absolute Gasteiger partial charge is 0.0357 e. The van der Waals surface area contributed by atoms with E-state index in [0.29, 0.717) is 11.6 Å². The quantitative estimate of drug-likeness (QED) is 0.682. The lowest BCUT2D eigenvalue weighted by Gasteiger charge is -2.49. The average molecular weight is 295 g/mol. The molecule has 2 aliphatic carbocycles. The van der Waals surface area contributed by atoms with E-state index in [0.717, 1.165) is 17.8 Å². The molecule has 21 heavy (non-hydrogen) atoms. The van der Waals surface area contributed by atoms with Crippen LogP contribution in [0.4, 0.5) is 0 Å². The minimum atomic E-state index is 0.347. The number of nitrogens with one attached hydrogen (secondary N) is 1. The molecular formula is C19H38N2. The number of rotatable bonds is 9. The van der Waals surface area contributed by atoms with E-state index in [4.69, 9.17) is 0 Å². The van der Waals surface area contributed by atoms with E-state index in [9.17, 15) is 0 Å². The maximum absolute atomic E-state index is 3.74. The van der Waals surface area contributed by atoms with Crippen LogP contribution in [0.3, 0.4) is 0 Å². The van der Waals surface area contributed by atoms with Gasteiger partial charge in [0.05, 0.1) is 0 Å². The molecule has 0 radical (unpaired) electrons. The normalized spacial score (nSPS) is 30.3. The summed E-state index contributed by atoms with van der Waals surface area (Å²) in [6, 6.07) is 0.650. The summed E-state index contributed by atoms with van der Waals surface area (Å²) in [5, 5.41) is 3.74. The minimum Gasteiger partial charge on any atom is -0.315 e. The van der Waals surface area contributed by atoms with Crippen molar-refractivity contribution in [2.75, 3.05) is 20.1 Å². The van der Waals surface area contributed by atoms with E-state index in [-0.39, 0.29) is 0 Å². The van der Waals surface area contributed by atoms with Gasteiger partial charge in [0.1, 0.15) is 0 Å². The zero-order valence-electron chi connectivity index (χ0n) is 15.1. The summed E-state index contributed by atoms with van der Waals surface area (Å²) in [5.41, 5.74) is 0.347. The SMILES string of the molecule is CCN(CC)C(CC)(CC)C(CC1CC2CCC1C2)NC. The molecule has 0 amide bonds. The summed E-state index contributed by atoms with van der Waals surface area (Å²) >= 11 is 0. The van der Waals surface area contributed by atoms with Gasteiger partial charge in [0.2, 0.25) is 0 Å². The molecule has 2 bridgehead atoms. The maximum atomic E-state index is 3.74. The molecule has 4 unspecified atom stereocenters. The van der Waals surface area contributed by atoms with Gasteiger partial charge in [0, 0.05) is 11.6 Å². The van der Waals surface area contributed by atoms with Crippen molar-refractivity contribution in [1.82, 2.24) is 10.2 Å². The lowest BCUT2D eigenvalue weighted by molar-refractivity contribution is 0.0389. The van der Waals surface area contributed by atoms with Crippen molar-refractivity contribution in [2.45, 2.75) is 84.2 Å². The van der Waals surface area contributed by atoms with Crippen molar-refractivity contribution in [1.29, 1.82) is 0 Å². The zero-order valence-corrected chi connectivity index (χ0v) is 15.1. The third-order valence-electron chi connectivity index (χ3n) is 7.04. The Hall–Kier alpha value is -0.0800. The van der Waals surface area contributed by atoms with Gasteiger partial charge < -0.3 is 5.32 Å². The predicted octanol–water partition coefficient (Wildman–Crippen LogP) is 4.30. The number of fused-ring (bicyclic) bond motifs is 2. The Morgan fingerprint density at radius 1 is 1.05 bits per heavy atom. The maximum Gasteiger partial charge on any atom is 0.0357 e. The summed E-state index contributed by atoms with van der Waals surface area (Å²) in [7, 11) is 2.20.